The lowest BCUT2D eigenvalue weighted by atomic mass is 10.1. The number of Topliss-reactive ketones (excluding diaryl/α,β-unsaturated/α-hetero) is 1. The van der Waals surface area contributed by atoms with Gasteiger partial charge < -0.3 is 4.57 Å². The van der Waals surface area contributed by atoms with Gasteiger partial charge >= 0.3 is 0 Å². The zero-order valence-electron chi connectivity index (χ0n) is 9.49. The third-order valence-electron chi connectivity index (χ3n) is 2.63. The molecule has 0 aliphatic heterocycles. The lowest BCUT2D eigenvalue weighted by Gasteiger charge is -2.09. The molecular formula is C12H13ClN2O. The first kappa shape index (κ1) is 11.1. The van der Waals surface area contributed by atoms with Crippen LogP contribution in [0.4, 0.5) is 0 Å². The van der Waals surface area contributed by atoms with Crippen molar-refractivity contribution in [2.24, 2.45) is 0 Å². The molecule has 0 aliphatic carbocycles. The fraction of sp³-hybridized carbons (Fsp3) is 0.333. The quantitative estimate of drug-likeness (QED) is 0.591. The summed E-state index contributed by atoms with van der Waals surface area (Å²) >= 11 is 6.08. The summed E-state index contributed by atoms with van der Waals surface area (Å²) in [6.07, 6.45) is 3.48. The third-order valence-corrected chi connectivity index (χ3v) is 2.91. The van der Waals surface area contributed by atoms with E-state index in [1.165, 1.54) is 0 Å². The van der Waals surface area contributed by atoms with Crippen molar-refractivity contribution in [3.8, 4) is 0 Å². The van der Waals surface area contributed by atoms with Gasteiger partial charge in [0.2, 0.25) is 0 Å². The minimum Gasteiger partial charge on any atom is -0.342 e. The normalized spacial score (nSPS) is 11.3. The number of hydrogen-bond donors (Lipinski definition) is 0. The second-order valence-electron chi connectivity index (χ2n) is 4.10. The lowest BCUT2D eigenvalue weighted by molar-refractivity contribution is 0.101. The maximum absolute atomic E-state index is 11.5. The van der Waals surface area contributed by atoms with Crippen LogP contribution >= 0.6 is 11.6 Å². The number of rotatable bonds is 2. The van der Waals surface area contributed by atoms with Gasteiger partial charge in [0.15, 0.2) is 10.9 Å². The molecule has 0 fully saturated rings. The van der Waals surface area contributed by atoms with E-state index in [9.17, 15) is 4.79 Å². The van der Waals surface area contributed by atoms with Crippen molar-refractivity contribution in [1.82, 2.24) is 9.55 Å². The van der Waals surface area contributed by atoms with Gasteiger partial charge in [0.1, 0.15) is 0 Å². The van der Waals surface area contributed by atoms with E-state index in [2.05, 4.69) is 4.98 Å². The molecule has 0 N–H and O–H groups in total. The number of carbonyl (C=O) groups excluding carboxylic acids is 1. The monoisotopic (exact) mass is 236 g/mol. The molecule has 0 atom stereocenters. The number of pyridine rings is 1. The highest BCUT2D eigenvalue weighted by Crippen LogP contribution is 2.29. The molecule has 0 aliphatic rings. The average molecular weight is 237 g/mol. The first-order valence-electron chi connectivity index (χ1n) is 5.18. The number of hydrogen-bond acceptors (Lipinski definition) is 2. The Labute approximate surface area is 99.0 Å². The van der Waals surface area contributed by atoms with Gasteiger partial charge in [-0.05, 0) is 26.8 Å². The van der Waals surface area contributed by atoms with E-state index in [4.69, 9.17) is 11.6 Å². The van der Waals surface area contributed by atoms with E-state index in [0.29, 0.717) is 10.7 Å². The smallest absolute Gasteiger partial charge is 0.161 e. The first-order valence-corrected chi connectivity index (χ1v) is 5.56. The Morgan fingerprint density at radius 2 is 2.19 bits per heavy atom. The summed E-state index contributed by atoms with van der Waals surface area (Å²) in [4.78, 5) is 15.6. The maximum Gasteiger partial charge on any atom is 0.161 e. The molecule has 4 heteroatoms. The standard InChI is InChI=1S/C12H13ClN2O/c1-7(2)15-6-10(8(3)16)9-4-5-14-12(13)11(9)15/h4-7H,1-3H3. The van der Waals surface area contributed by atoms with Crippen LogP contribution in [0.2, 0.25) is 5.15 Å². The number of fused-ring (bicyclic) bond motifs is 1. The van der Waals surface area contributed by atoms with E-state index >= 15 is 0 Å². The molecule has 0 amide bonds. The molecule has 0 bridgehead atoms. The van der Waals surface area contributed by atoms with E-state index in [-0.39, 0.29) is 11.8 Å². The van der Waals surface area contributed by atoms with Crippen molar-refractivity contribution in [3.05, 3.63) is 29.2 Å². The number of nitrogens with zero attached hydrogens (tertiary/aromatic N) is 2. The van der Waals surface area contributed by atoms with Crippen LogP contribution in [-0.4, -0.2) is 15.3 Å². The van der Waals surface area contributed by atoms with Crippen molar-refractivity contribution in [1.29, 1.82) is 0 Å². The summed E-state index contributed by atoms with van der Waals surface area (Å²) in [5, 5.41) is 1.32. The molecule has 16 heavy (non-hydrogen) atoms. The molecule has 0 spiro atoms. The lowest BCUT2D eigenvalue weighted by Crippen LogP contribution is -1.99. The molecular weight excluding hydrogens is 224 g/mol. The highest BCUT2D eigenvalue weighted by Gasteiger charge is 2.16. The molecule has 3 nitrogen and oxygen atoms in total. The maximum atomic E-state index is 11.5. The Bertz CT molecular complexity index is 557. The average Bonchev–Trinajstić information content (AvgIpc) is 2.58. The Balaban J connectivity index is 2.87. The SMILES string of the molecule is CC(=O)c1cn(C(C)C)c2c(Cl)nccc12. The minimum absolute atomic E-state index is 0.0478. The first-order chi connectivity index (χ1) is 7.52. The Morgan fingerprint density at radius 1 is 1.50 bits per heavy atom. The van der Waals surface area contributed by atoms with Crippen LogP contribution in [0, 0.1) is 0 Å². The summed E-state index contributed by atoms with van der Waals surface area (Å²) < 4.78 is 1.99. The highest BCUT2D eigenvalue weighted by atomic mass is 35.5. The molecule has 0 aromatic carbocycles. The predicted octanol–water partition coefficient (Wildman–Crippen LogP) is 3.47. The topological polar surface area (TPSA) is 34.9 Å². The van der Waals surface area contributed by atoms with Crippen molar-refractivity contribution in [3.63, 3.8) is 0 Å². The van der Waals surface area contributed by atoms with Gasteiger partial charge in [-0.1, -0.05) is 11.6 Å². The van der Waals surface area contributed by atoms with E-state index in [0.717, 1.165) is 10.9 Å². The zero-order chi connectivity index (χ0) is 11.9. The molecule has 2 heterocycles. The summed E-state index contributed by atoms with van der Waals surface area (Å²) in [5.74, 6) is 0.0478. The highest BCUT2D eigenvalue weighted by molar-refractivity contribution is 6.34. The number of ketones is 1. The molecule has 2 aromatic heterocycles. The van der Waals surface area contributed by atoms with Crippen molar-refractivity contribution < 1.29 is 4.79 Å². The van der Waals surface area contributed by atoms with Crippen LogP contribution in [-0.2, 0) is 0 Å². The van der Waals surface area contributed by atoms with Crippen molar-refractivity contribution >= 4 is 28.3 Å². The van der Waals surface area contributed by atoms with Crippen LogP contribution in [0.1, 0.15) is 37.2 Å². The fourth-order valence-corrected chi connectivity index (χ4v) is 2.11. The summed E-state index contributed by atoms with van der Waals surface area (Å²) in [7, 11) is 0. The number of aromatic nitrogens is 2. The van der Waals surface area contributed by atoms with Crippen LogP contribution in [0.25, 0.3) is 10.9 Å². The zero-order valence-corrected chi connectivity index (χ0v) is 10.2. The van der Waals surface area contributed by atoms with E-state index in [1.807, 2.05) is 30.7 Å². The summed E-state index contributed by atoms with van der Waals surface area (Å²) in [5.41, 5.74) is 1.54. The third kappa shape index (κ3) is 1.61. The van der Waals surface area contributed by atoms with Gasteiger partial charge in [-0.2, -0.15) is 0 Å². The van der Waals surface area contributed by atoms with Crippen LogP contribution in [0.15, 0.2) is 18.5 Å². The van der Waals surface area contributed by atoms with Gasteiger partial charge in [-0.3, -0.25) is 4.79 Å². The second kappa shape index (κ2) is 3.91. The second-order valence-corrected chi connectivity index (χ2v) is 4.46. The van der Waals surface area contributed by atoms with Crippen molar-refractivity contribution in [2.45, 2.75) is 26.8 Å². The molecule has 2 aromatic rings. The Hall–Kier alpha value is -1.35. The summed E-state index contributed by atoms with van der Waals surface area (Å²) in [6.45, 7) is 5.66. The fourth-order valence-electron chi connectivity index (χ4n) is 1.85. The van der Waals surface area contributed by atoms with Gasteiger partial charge in [0, 0.05) is 29.4 Å². The Morgan fingerprint density at radius 3 is 2.75 bits per heavy atom. The van der Waals surface area contributed by atoms with Gasteiger partial charge in [-0.25, -0.2) is 4.98 Å². The minimum atomic E-state index is 0.0478. The van der Waals surface area contributed by atoms with Crippen LogP contribution in [0.5, 0.6) is 0 Å². The predicted molar refractivity (Wildman–Crippen MR) is 65.1 cm³/mol. The molecule has 84 valence electrons. The summed E-state index contributed by atoms with van der Waals surface area (Å²) in [6, 6.07) is 2.08. The van der Waals surface area contributed by atoms with E-state index < -0.39 is 0 Å². The van der Waals surface area contributed by atoms with Gasteiger partial charge in [0.25, 0.3) is 0 Å². The van der Waals surface area contributed by atoms with Crippen molar-refractivity contribution in [2.75, 3.05) is 0 Å². The van der Waals surface area contributed by atoms with E-state index in [1.54, 1.807) is 13.1 Å². The largest absolute Gasteiger partial charge is 0.342 e. The number of halogens is 1. The molecule has 2 rings (SSSR count). The number of carbonyl (C=O) groups is 1. The molecule has 0 unspecified atom stereocenters. The van der Waals surface area contributed by atoms with Gasteiger partial charge in [0.05, 0.1) is 5.52 Å². The van der Waals surface area contributed by atoms with Crippen LogP contribution in [0.3, 0.4) is 0 Å². The molecule has 0 radical (unpaired) electrons. The van der Waals surface area contributed by atoms with Crippen LogP contribution < -0.4 is 0 Å². The Kier molecular flexibility index (Phi) is 2.72. The molecule has 0 saturated heterocycles. The molecule has 0 saturated carbocycles. The van der Waals surface area contributed by atoms with Gasteiger partial charge in [-0.15, -0.1) is 0 Å².